The summed E-state index contributed by atoms with van der Waals surface area (Å²) < 4.78 is 88.5. The zero-order chi connectivity index (χ0) is 17.3. The minimum absolute atomic E-state index is 0.104. The first-order valence-corrected chi connectivity index (χ1v) is 8.20. The van der Waals surface area contributed by atoms with Gasteiger partial charge in [-0.2, -0.15) is 21.6 Å². The van der Waals surface area contributed by atoms with Crippen molar-refractivity contribution in [2.24, 2.45) is 4.40 Å². The van der Waals surface area contributed by atoms with Crippen LogP contribution in [0.3, 0.4) is 0 Å². The van der Waals surface area contributed by atoms with Crippen LogP contribution in [-0.4, -0.2) is 41.3 Å². The van der Waals surface area contributed by atoms with Gasteiger partial charge in [-0.3, -0.25) is 0 Å². The van der Waals surface area contributed by atoms with E-state index in [0.717, 1.165) is 14.1 Å². The van der Waals surface area contributed by atoms with Crippen molar-refractivity contribution < 1.29 is 34.8 Å². The fourth-order valence-electron chi connectivity index (χ4n) is 1.39. The third kappa shape index (κ3) is 3.53. The molecule has 0 saturated heterocycles. The van der Waals surface area contributed by atoms with Gasteiger partial charge in [0.05, 0.1) is 5.56 Å². The van der Waals surface area contributed by atoms with E-state index < -0.39 is 41.6 Å². The molecule has 0 unspecified atom stereocenters. The number of isocyanates is 1. The van der Waals surface area contributed by atoms with Gasteiger partial charge in [0.15, 0.2) is 0 Å². The van der Waals surface area contributed by atoms with Gasteiger partial charge < -0.3 is 0 Å². The maximum atomic E-state index is 12.7. The Balaban J connectivity index is 3.86. The molecule has 0 atom stereocenters. The van der Waals surface area contributed by atoms with Crippen molar-refractivity contribution in [2.75, 3.05) is 14.1 Å². The number of halogens is 3. The Hall–Kier alpha value is -1.75. The number of sulfonamides is 2. The molecule has 12 heteroatoms. The van der Waals surface area contributed by atoms with E-state index in [1.807, 2.05) is 0 Å². The highest BCUT2D eigenvalue weighted by Gasteiger charge is 2.35. The van der Waals surface area contributed by atoms with Gasteiger partial charge >= 0.3 is 6.18 Å². The van der Waals surface area contributed by atoms with Crippen molar-refractivity contribution in [3.8, 4) is 0 Å². The second-order valence-electron chi connectivity index (χ2n) is 4.10. The second kappa shape index (κ2) is 5.80. The number of hydrogen-bond acceptors (Lipinski definition) is 5. The number of rotatable bonds is 4. The largest absolute Gasteiger partial charge is 0.416 e. The summed E-state index contributed by atoms with van der Waals surface area (Å²) in [6.45, 7) is 0. The van der Waals surface area contributed by atoms with Crippen molar-refractivity contribution in [3.05, 3.63) is 23.8 Å². The first kappa shape index (κ1) is 18.3. The zero-order valence-corrected chi connectivity index (χ0v) is 12.8. The summed E-state index contributed by atoms with van der Waals surface area (Å²) in [5.41, 5.74) is -1.40. The fraction of sp³-hybridized carbons (Fsp3) is 0.300. The van der Waals surface area contributed by atoms with Crippen molar-refractivity contribution in [1.29, 1.82) is 0 Å². The van der Waals surface area contributed by atoms with Gasteiger partial charge in [-0.1, -0.05) is 4.40 Å². The monoisotopic (exact) mass is 358 g/mol. The molecule has 22 heavy (non-hydrogen) atoms. The minimum atomic E-state index is -4.94. The molecule has 0 amide bonds. The molecule has 1 aromatic carbocycles. The molecule has 0 saturated carbocycles. The van der Waals surface area contributed by atoms with E-state index in [1.54, 1.807) is 0 Å². The van der Waals surface area contributed by atoms with Crippen LogP contribution in [0.25, 0.3) is 0 Å². The van der Waals surface area contributed by atoms with Crippen molar-refractivity contribution in [3.63, 3.8) is 0 Å². The Morgan fingerprint density at radius 2 is 1.64 bits per heavy atom. The minimum Gasteiger partial charge on any atom is -0.210 e. The smallest absolute Gasteiger partial charge is 0.210 e. The zero-order valence-electron chi connectivity index (χ0n) is 11.1. The lowest BCUT2D eigenvalue weighted by molar-refractivity contribution is -0.137. The van der Waals surface area contributed by atoms with Crippen LogP contribution in [0.1, 0.15) is 5.56 Å². The van der Waals surface area contributed by atoms with Gasteiger partial charge in [0, 0.05) is 14.1 Å². The van der Waals surface area contributed by atoms with Crippen molar-refractivity contribution in [1.82, 2.24) is 4.31 Å². The third-order valence-electron chi connectivity index (χ3n) is 2.47. The van der Waals surface area contributed by atoms with E-state index in [1.165, 1.54) is 0 Å². The maximum absolute atomic E-state index is 12.7. The van der Waals surface area contributed by atoms with E-state index in [4.69, 9.17) is 0 Å². The molecule has 1 aromatic rings. The van der Waals surface area contributed by atoms with Crippen LogP contribution in [0.4, 0.5) is 13.2 Å². The molecule has 0 bridgehead atoms. The average molecular weight is 358 g/mol. The van der Waals surface area contributed by atoms with E-state index in [0.29, 0.717) is 22.5 Å². The van der Waals surface area contributed by atoms with Crippen LogP contribution in [0, 0.1) is 0 Å². The first-order valence-electron chi connectivity index (χ1n) is 5.32. The van der Waals surface area contributed by atoms with Crippen LogP contribution < -0.4 is 0 Å². The van der Waals surface area contributed by atoms with Gasteiger partial charge in [-0.15, -0.1) is 0 Å². The van der Waals surface area contributed by atoms with Gasteiger partial charge in [0.1, 0.15) is 9.79 Å². The summed E-state index contributed by atoms with van der Waals surface area (Å²) in [4.78, 5) is 7.94. The summed E-state index contributed by atoms with van der Waals surface area (Å²) in [5, 5.41) is 0. The Morgan fingerprint density at radius 3 is 2.05 bits per heavy atom. The molecule has 0 N–H and O–H groups in total. The van der Waals surface area contributed by atoms with Crippen LogP contribution in [0.2, 0.25) is 0 Å². The molecule has 7 nitrogen and oxygen atoms in total. The molecule has 0 heterocycles. The van der Waals surface area contributed by atoms with Crippen LogP contribution in [0.15, 0.2) is 32.4 Å². The highest BCUT2D eigenvalue weighted by Crippen LogP contribution is 2.34. The van der Waals surface area contributed by atoms with Gasteiger partial charge in [-0.05, 0) is 18.2 Å². The molecule has 0 aliphatic heterocycles. The molecular weight excluding hydrogens is 349 g/mol. The van der Waals surface area contributed by atoms with Gasteiger partial charge in [0.25, 0.3) is 16.1 Å². The Labute approximate surface area is 124 Å². The molecule has 0 fully saturated rings. The quantitative estimate of drug-likeness (QED) is 0.590. The SMILES string of the molecule is CN(C)S(=O)(=O)c1ccc(C(F)(F)F)cc1S(=O)(=O)N=C=O. The Bertz CT molecular complexity index is 838. The summed E-state index contributed by atoms with van der Waals surface area (Å²) in [7, 11) is -7.20. The van der Waals surface area contributed by atoms with Crippen LogP contribution >= 0.6 is 0 Å². The fourth-order valence-corrected chi connectivity index (χ4v) is 3.77. The molecule has 0 aliphatic carbocycles. The lowest BCUT2D eigenvalue weighted by atomic mass is 10.2. The predicted octanol–water partition coefficient (Wildman–Crippen LogP) is 0.980. The second-order valence-corrected chi connectivity index (χ2v) is 7.80. The van der Waals surface area contributed by atoms with Gasteiger partial charge in [0.2, 0.25) is 10.0 Å². The van der Waals surface area contributed by atoms with E-state index in [2.05, 4.69) is 4.40 Å². The standard InChI is InChI=1S/C10H9F3N2O5S2/c1-15(2)22(19,20)8-4-3-7(10(11,12)13)5-9(8)21(17,18)14-6-16/h3-5H,1-2H3. The van der Waals surface area contributed by atoms with Gasteiger partial charge in [-0.25, -0.2) is 17.5 Å². The highest BCUT2D eigenvalue weighted by molar-refractivity contribution is 7.92. The van der Waals surface area contributed by atoms with E-state index in [-0.39, 0.29) is 6.07 Å². The summed E-state index contributed by atoms with van der Waals surface area (Å²) in [6.07, 6.45) is -4.24. The average Bonchev–Trinajstić information content (AvgIpc) is 2.36. The molecule has 1 rings (SSSR count). The number of hydrogen-bond donors (Lipinski definition) is 0. The van der Waals surface area contributed by atoms with Crippen molar-refractivity contribution in [2.45, 2.75) is 16.0 Å². The molecule has 0 aromatic heterocycles. The summed E-state index contributed by atoms with van der Waals surface area (Å²) in [5.74, 6) is 0. The Morgan fingerprint density at radius 1 is 1.09 bits per heavy atom. The third-order valence-corrected chi connectivity index (χ3v) is 5.68. The number of nitrogens with zero attached hydrogens (tertiary/aromatic N) is 2. The first-order chi connectivity index (χ1) is 9.84. The molecule has 122 valence electrons. The lowest BCUT2D eigenvalue weighted by Gasteiger charge is -2.15. The maximum Gasteiger partial charge on any atom is 0.416 e. The molecule has 0 radical (unpaired) electrons. The molecule has 0 spiro atoms. The Kier molecular flexibility index (Phi) is 4.82. The van der Waals surface area contributed by atoms with E-state index >= 15 is 0 Å². The normalized spacial score (nSPS) is 13.0. The molecular formula is C10H9F3N2O5S2. The summed E-state index contributed by atoms with van der Waals surface area (Å²) >= 11 is 0. The number of alkyl halides is 3. The molecule has 0 aliphatic rings. The van der Waals surface area contributed by atoms with Crippen LogP contribution in [0.5, 0.6) is 0 Å². The lowest BCUT2D eigenvalue weighted by Crippen LogP contribution is -2.24. The predicted molar refractivity (Wildman–Crippen MR) is 67.6 cm³/mol. The van der Waals surface area contributed by atoms with Crippen LogP contribution in [-0.2, 0) is 31.0 Å². The highest BCUT2D eigenvalue weighted by atomic mass is 32.2. The van der Waals surface area contributed by atoms with Crippen molar-refractivity contribution >= 4 is 26.1 Å². The van der Waals surface area contributed by atoms with E-state index in [9.17, 15) is 34.8 Å². The number of benzene rings is 1. The summed E-state index contributed by atoms with van der Waals surface area (Å²) in [6, 6.07) is 1.01. The number of carbonyl (C=O) groups excluding carboxylic acids is 1. The topological polar surface area (TPSA) is 101 Å².